The summed E-state index contributed by atoms with van der Waals surface area (Å²) in [7, 11) is 1.34. The largest absolute Gasteiger partial charge is 0.475 e. The molecule has 0 aliphatic carbocycles. The molecule has 12 heteroatoms. The van der Waals surface area contributed by atoms with Gasteiger partial charge >= 0.3 is 11.9 Å². The van der Waals surface area contributed by atoms with Crippen LogP contribution in [0.3, 0.4) is 0 Å². The number of esters is 1. The summed E-state index contributed by atoms with van der Waals surface area (Å²) < 4.78 is 4.67. The van der Waals surface area contributed by atoms with E-state index in [0.717, 1.165) is 74.0 Å². The molecular formula is C23H30N8O4. The molecule has 2 atom stereocenters. The Hall–Kier alpha value is -3.70. The van der Waals surface area contributed by atoms with Gasteiger partial charge in [-0.15, -0.1) is 0 Å². The molecule has 6 heterocycles. The highest BCUT2D eigenvalue weighted by Gasteiger charge is 2.32. The monoisotopic (exact) mass is 482 g/mol. The van der Waals surface area contributed by atoms with Crippen molar-refractivity contribution in [3.63, 3.8) is 0 Å². The first-order valence-corrected chi connectivity index (χ1v) is 12.0. The van der Waals surface area contributed by atoms with Crippen molar-refractivity contribution in [2.75, 3.05) is 53.7 Å². The van der Waals surface area contributed by atoms with Gasteiger partial charge in [0.05, 0.1) is 18.5 Å². The third-order valence-corrected chi connectivity index (χ3v) is 6.83. The number of aryl methyl sites for hydroxylation is 2. The van der Waals surface area contributed by atoms with Gasteiger partial charge in [-0.3, -0.25) is 0 Å². The van der Waals surface area contributed by atoms with Crippen LogP contribution in [0, 0.1) is 13.8 Å². The minimum Gasteiger partial charge on any atom is -0.475 e. The molecule has 4 aliphatic heterocycles. The number of methoxy groups -OCH3 is 1. The maximum Gasteiger partial charge on any atom is 0.376 e. The van der Waals surface area contributed by atoms with Crippen LogP contribution >= 0.6 is 0 Å². The summed E-state index contributed by atoms with van der Waals surface area (Å²) in [5.41, 5.74) is 3.55. The fourth-order valence-electron chi connectivity index (χ4n) is 5.35. The second-order valence-corrected chi connectivity index (χ2v) is 9.32. The number of ether oxygens (including phenoxy) is 1. The molecule has 0 radical (unpaired) electrons. The molecule has 35 heavy (non-hydrogen) atoms. The predicted molar refractivity (Wildman–Crippen MR) is 130 cm³/mol. The van der Waals surface area contributed by atoms with E-state index < -0.39 is 11.9 Å². The lowest BCUT2D eigenvalue weighted by atomic mass is 10.0. The number of hydrogen-bond donors (Lipinski definition) is 3. The Bertz CT molecular complexity index is 1170. The van der Waals surface area contributed by atoms with Crippen LogP contribution in [-0.4, -0.2) is 82.4 Å². The van der Waals surface area contributed by atoms with Gasteiger partial charge in [0.15, 0.2) is 11.6 Å². The molecule has 3 N–H and O–H groups in total. The number of carbonyl (C=O) groups is 2. The van der Waals surface area contributed by atoms with Crippen LogP contribution < -0.4 is 20.4 Å². The third kappa shape index (κ3) is 4.40. The lowest BCUT2D eigenvalue weighted by Gasteiger charge is -2.41. The Morgan fingerprint density at radius 1 is 0.857 bits per heavy atom. The Kier molecular flexibility index (Phi) is 6.03. The zero-order valence-corrected chi connectivity index (χ0v) is 20.2. The molecule has 2 saturated heterocycles. The first-order valence-electron chi connectivity index (χ1n) is 12.0. The normalized spacial score (nSPS) is 21.3. The standard InChI is InChI=1S/C12H16N4O2.C11H14N4O2/c1-7-9-10(15-11(13-7)12(17)18-2)14-8-4-3-5-16(9)6-8;1-6-8-9(14-10(12-6)11(16)17)13-7-3-2-4-15(8)5-7/h8H,3-6H2,1-2H3,(H,13,14,15);7H,2-5H2,1H3,(H,16,17)(H,12,13,14)/t8-;7-/m00/s1. The van der Waals surface area contributed by atoms with Crippen molar-refractivity contribution < 1.29 is 19.4 Å². The molecule has 0 amide bonds. The van der Waals surface area contributed by atoms with Crippen LogP contribution in [0.1, 0.15) is 58.3 Å². The average molecular weight is 483 g/mol. The SMILES string of the molecule is COC(=O)c1nc(C)c2c(n1)N[C@H]1CCCN2C1.Cc1nc(C(=O)O)nc2c1N1CCC[C@@H](C1)N2. The van der Waals surface area contributed by atoms with E-state index in [0.29, 0.717) is 17.9 Å². The molecule has 0 aromatic carbocycles. The van der Waals surface area contributed by atoms with E-state index in [2.05, 4.69) is 45.1 Å². The van der Waals surface area contributed by atoms with E-state index in [4.69, 9.17) is 5.11 Å². The fourth-order valence-corrected chi connectivity index (χ4v) is 5.35. The Morgan fingerprint density at radius 3 is 1.83 bits per heavy atom. The van der Waals surface area contributed by atoms with Crippen LogP contribution in [0.15, 0.2) is 0 Å². The molecule has 4 bridgehead atoms. The number of carboxylic acids is 1. The molecule has 4 aliphatic rings. The molecule has 0 saturated carbocycles. The topological polar surface area (TPSA) is 146 Å². The fraction of sp³-hybridized carbons (Fsp3) is 0.565. The summed E-state index contributed by atoms with van der Waals surface area (Å²) >= 11 is 0. The number of hydrogen-bond acceptors (Lipinski definition) is 11. The van der Waals surface area contributed by atoms with Crippen molar-refractivity contribution in [3.8, 4) is 0 Å². The molecule has 0 spiro atoms. The van der Waals surface area contributed by atoms with Gasteiger partial charge in [-0.2, -0.15) is 0 Å². The Morgan fingerprint density at radius 2 is 1.34 bits per heavy atom. The predicted octanol–water partition coefficient (Wildman–Crippen LogP) is 1.84. The van der Waals surface area contributed by atoms with E-state index in [-0.39, 0.29) is 11.6 Å². The molecule has 6 rings (SSSR count). The van der Waals surface area contributed by atoms with Crippen LogP contribution in [0.25, 0.3) is 0 Å². The lowest BCUT2D eigenvalue weighted by Crippen LogP contribution is -2.47. The molecule has 2 aromatic rings. The first kappa shape index (κ1) is 23.1. The van der Waals surface area contributed by atoms with E-state index in [1.165, 1.54) is 13.5 Å². The lowest BCUT2D eigenvalue weighted by molar-refractivity contribution is 0.0585. The minimum atomic E-state index is -1.08. The van der Waals surface area contributed by atoms with Crippen molar-refractivity contribution in [1.82, 2.24) is 19.9 Å². The summed E-state index contributed by atoms with van der Waals surface area (Å²) in [4.78, 5) is 43.6. The van der Waals surface area contributed by atoms with Gasteiger partial charge in [-0.1, -0.05) is 0 Å². The molecular weight excluding hydrogens is 452 g/mol. The number of anilines is 4. The maximum absolute atomic E-state index is 11.5. The smallest absolute Gasteiger partial charge is 0.376 e. The van der Waals surface area contributed by atoms with Gasteiger partial charge in [0, 0.05) is 38.3 Å². The maximum atomic E-state index is 11.5. The molecule has 12 nitrogen and oxygen atoms in total. The quantitative estimate of drug-likeness (QED) is 0.537. The minimum absolute atomic E-state index is 0.127. The zero-order valence-electron chi connectivity index (χ0n) is 20.2. The number of carbonyl (C=O) groups excluding carboxylic acids is 1. The van der Waals surface area contributed by atoms with E-state index in [1.807, 2.05) is 13.8 Å². The zero-order chi connectivity index (χ0) is 24.7. The number of carboxylic acid groups (broad SMARTS) is 1. The van der Waals surface area contributed by atoms with Gasteiger partial charge < -0.3 is 30.3 Å². The Balaban J connectivity index is 0.000000145. The number of aromatic carboxylic acids is 1. The van der Waals surface area contributed by atoms with Crippen LogP contribution in [0.2, 0.25) is 0 Å². The molecule has 2 fully saturated rings. The highest BCUT2D eigenvalue weighted by Crippen LogP contribution is 2.36. The van der Waals surface area contributed by atoms with Crippen molar-refractivity contribution in [2.45, 2.75) is 51.6 Å². The van der Waals surface area contributed by atoms with Gasteiger partial charge in [-0.25, -0.2) is 29.5 Å². The van der Waals surface area contributed by atoms with E-state index >= 15 is 0 Å². The van der Waals surface area contributed by atoms with Crippen molar-refractivity contribution >= 4 is 34.9 Å². The van der Waals surface area contributed by atoms with Crippen molar-refractivity contribution in [1.29, 1.82) is 0 Å². The van der Waals surface area contributed by atoms with Gasteiger partial charge in [0.2, 0.25) is 11.6 Å². The highest BCUT2D eigenvalue weighted by atomic mass is 16.5. The van der Waals surface area contributed by atoms with Crippen LogP contribution in [0.5, 0.6) is 0 Å². The first-order chi connectivity index (χ1) is 16.8. The Labute approximate surface area is 203 Å². The summed E-state index contributed by atoms with van der Waals surface area (Å²) in [6, 6.07) is 0.804. The van der Waals surface area contributed by atoms with Gasteiger partial charge in [0.1, 0.15) is 11.4 Å². The van der Waals surface area contributed by atoms with Crippen molar-refractivity contribution in [2.24, 2.45) is 0 Å². The second-order valence-electron chi connectivity index (χ2n) is 9.32. The summed E-state index contributed by atoms with van der Waals surface area (Å²) in [6.45, 7) is 7.74. The summed E-state index contributed by atoms with van der Waals surface area (Å²) in [6.07, 6.45) is 4.58. The van der Waals surface area contributed by atoms with Crippen molar-refractivity contribution in [3.05, 3.63) is 23.0 Å². The summed E-state index contributed by atoms with van der Waals surface area (Å²) in [5, 5.41) is 15.6. The molecule has 2 aromatic heterocycles. The second kappa shape index (κ2) is 9.16. The van der Waals surface area contributed by atoms with Crippen LogP contribution in [-0.2, 0) is 4.74 Å². The number of rotatable bonds is 2. The molecule has 0 unspecified atom stereocenters. The molecule has 186 valence electrons. The number of nitrogens with zero attached hydrogens (tertiary/aromatic N) is 6. The van der Waals surface area contributed by atoms with Crippen LogP contribution in [0.4, 0.5) is 23.0 Å². The number of aromatic nitrogens is 4. The third-order valence-electron chi connectivity index (χ3n) is 6.83. The van der Waals surface area contributed by atoms with E-state index in [9.17, 15) is 9.59 Å². The summed E-state index contributed by atoms with van der Waals surface area (Å²) in [5.74, 6) is -0.140. The van der Waals surface area contributed by atoms with Gasteiger partial charge in [0.25, 0.3) is 0 Å². The number of fused-ring (bicyclic) bond motifs is 8. The van der Waals surface area contributed by atoms with E-state index in [1.54, 1.807) is 0 Å². The number of piperidine rings is 2. The van der Waals surface area contributed by atoms with Gasteiger partial charge in [-0.05, 0) is 39.5 Å². The highest BCUT2D eigenvalue weighted by molar-refractivity contribution is 5.87. The average Bonchev–Trinajstić information content (AvgIpc) is 2.83. The number of nitrogens with one attached hydrogen (secondary N) is 2.